The van der Waals surface area contributed by atoms with Crippen molar-refractivity contribution in [2.75, 3.05) is 6.54 Å². The number of likely N-dealkylation sites (tertiary alicyclic amines) is 1. The molecule has 14 nitrogen and oxygen atoms in total. The zero-order valence-electron chi connectivity index (χ0n) is 28.6. The lowest BCUT2D eigenvalue weighted by Gasteiger charge is -2.36. The summed E-state index contributed by atoms with van der Waals surface area (Å²) in [6, 6.07) is 4.50. The first-order valence-corrected chi connectivity index (χ1v) is 18.1. The van der Waals surface area contributed by atoms with Gasteiger partial charge in [-0.3, -0.25) is 19.1 Å². The minimum atomic E-state index is -3.92. The average molecular weight is 724 g/mol. The highest BCUT2D eigenvalue weighted by molar-refractivity contribution is 7.91. The number of carbonyl (C=O) groups excluding carboxylic acids is 5. The molecule has 4 N–H and O–H groups in total. The zero-order chi connectivity index (χ0) is 36.5. The molecule has 1 unspecified atom stereocenters. The Morgan fingerprint density at radius 3 is 2.29 bits per heavy atom. The van der Waals surface area contributed by atoms with Crippen molar-refractivity contribution in [1.82, 2.24) is 25.6 Å². The van der Waals surface area contributed by atoms with Crippen LogP contribution in [0.15, 0.2) is 36.9 Å². The van der Waals surface area contributed by atoms with Crippen LogP contribution in [0, 0.1) is 11.3 Å². The number of benzene rings is 1. The summed E-state index contributed by atoms with van der Waals surface area (Å²) in [6.07, 6.45) is -0.322. The van der Waals surface area contributed by atoms with Crippen LogP contribution in [0.2, 0.25) is 5.02 Å². The van der Waals surface area contributed by atoms with Crippen molar-refractivity contribution in [2.45, 2.75) is 108 Å². The Labute approximate surface area is 292 Å². The second-order valence-electron chi connectivity index (χ2n) is 14.8. The molecule has 1 aromatic rings. The van der Waals surface area contributed by atoms with E-state index in [0.29, 0.717) is 23.4 Å². The van der Waals surface area contributed by atoms with Gasteiger partial charge in [0.25, 0.3) is 5.91 Å². The van der Waals surface area contributed by atoms with Crippen LogP contribution in [0.4, 0.5) is 9.59 Å². The molecule has 4 rings (SSSR count). The van der Waals surface area contributed by atoms with Crippen LogP contribution in [0.25, 0.3) is 0 Å². The lowest BCUT2D eigenvalue weighted by Crippen LogP contribution is -2.60. The van der Waals surface area contributed by atoms with Gasteiger partial charge in [0.15, 0.2) is 0 Å². The van der Waals surface area contributed by atoms with Crippen LogP contribution < -0.4 is 20.7 Å². The number of alkyl carbamates (subject to hydrolysis) is 2. The molecule has 1 aliphatic heterocycles. The number of rotatable bonds is 11. The summed E-state index contributed by atoms with van der Waals surface area (Å²) in [7, 11) is -3.92. The van der Waals surface area contributed by atoms with E-state index in [4.69, 9.17) is 21.1 Å². The zero-order valence-corrected chi connectivity index (χ0v) is 30.2. The molecule has 0 radical (unpaired) electrons. The van der Waals surface area contributed by atoms with E-state index in [1.54, 1.807) is 65.8 Å². The van der Waals surface area contributed by atoms with Gasteiger partial charge in [0.05, 0.1) is 11.8 Å². The molecule has 5 atom stereocenters. The van der Waals surface area contributed by atoms with Crippen molar-refractivity contribution >= 4 is 51.5 Å². The van der Waals surface area contributed by atoms with Crippen molar-refractivity contribution in [2.24, 2.45) is 11.3 Å². The van der Waals surface area contributed by atoms with E-state index in [2.05, 4.69) is 27.3 Å². The molecule has 49 heavy (non-hydrogen) atoms. The Kier molecular flexibility index (Phi) is 11.0. The number of amides is 5. The monoisotopic (exact) mass is 723 g/mol. The van der Waals surface area contributed by atoms with Crippen molar-refractivity contribution in [3.63, 3.8) is 0 Å². The van der Waals surface area contributed by atoms with Crippen molar-refractivity contribution < 1.29 is 41.9 Å². The molecule has 5 amide bonds. The van der Waals surface area contributed by atoms with E-state index in [1.165, 1.54) is 11.0 Å². The normalized spacial score (nSPS) is 24.2. The second kappa shape index (κ2) is 14.2. The summed E-state index contributed by atoms with van der Waals surface area (Å²) in [5.74, 6) is -2.86. The van der Waals surface area contributed by atoms with Gasteiger partial charge in [-0.25, -0.2) is 18.0 Å². The number of hydrogen-bond acceptors (Lipinski definition) is 9. The van der Waals surface area contributed by atoms with E-state index in [1.807, 2.05) is 0 Å². The first kappa shape index (κ1) is 38.0. The number of carbonyl (C=O) groups is 5. The quantitative estimate of drug-likeness (QED) is 0.249. The third kappa shape index (κ3) is 9.44. The largest absolute Gasteiger partial charge is 0.444 e. The summed E-state index contributed by atoms with van der Waals surface area (Å²) in [6.45, 7) is 13.8. The second-order valence-corrected chi connectivity index (χ2v) is 17.2. The van der Waals surface area contributed by atoms with Gasteiger partial charge in [0.2, 0.25) is 21.8 Å². The molecule has 0 spiro atoms. The highest BCUT2D eigenvalue weighted by atomic mass is 35.5. The fourth-order valence-corrected chi connectivity index (χ4v) is 7.20. The number of sulfonamides is 1. The van der Waals surface area contributed by atoms with Gasteiger partial charge >= 0.3 is 12.2 Å². The SMILES string of the molecule is C=CC1C[C@]1(NC(=O)[C@@H]1C[C@@H](OC(=O)NCc2ccccc2Cl)CN1C(=O)[C@@H](NC(=O)OC(C)(C)C)C(C)(C)C)C(=O)NS(=O)(=O)C1CC1. The van der Waals surface area contributed by atoms with Crippen LogP contribution in [-0.4, -0.2) is 84.3 Å². The standard InChI is InChI=1S/C33H46ClN5O9S/c1-8-20-16-33(20,28(42)38-49(45,46)22-13-14-22)37-26(40)24-15-21(47-29(43)35-17-19-11-9-10-12-23(19)34)18-39(24)27(41)25(31(2,3)4)36-30(44)48-32(5,6)7/h8-12,20-22,24-25H,1,13-18H2,2-7H3,(H,35,43)(H,36,44)(H,37,40)(H,38,42)/t20?,21-,24+,25-,33-/m1/s1. The molecule has 3 fully saturated rings. The third-order valence-electron chi connectivity index (χ3n) is 8.53. The van der Waals surface area contributed by atoms with Crippen LogP contribution >= 0.6 is 11.6 Å². The molecule has 1 heterocycles. The first-order valence-electron chi connectivity index (χ1n) is 16.2. The van der Waals surface area contributed by atoms with Crippen LogP contribution in [-0.2, 0) is 40.4 Å². The summed E-state index contributed by atoms with van der Waals surface area (Å²) >= 11 is 6.19. The lowest BCUT2D eigenvalue weighted by atomic mass is 9.85. The number of halogens is 1. The third-order valence-corrected chi connectivity index (χ3v) is 10.7. The van der Waals surface area contributed by atoms with Gasteiger partial charge in [0.1, 0.15) is 29.3 Å². The number of hydrogen-bond donors (Lipinski definition) is 4. The molecule has 0 bridgehead atoms. The number of nitrogens with zero attached hydrogens (tertiary/aromatic N) is 1. The van der Waals surface area contributed by atoms with Gasteiger partial charge in [0, 0.05) is 23.9 Å². The first-order chi connectivity index (χ1) is 22.7. The Morgan fingerprint density at radius 1 is 1.08 bits per heavy atom. The lowest BCUT2D eigenvalue weighted by molar-refractivity contribution is -0.143. The maximum atomic E-state index is 14.2. The van der Waals surface area contributed by atoms with Gasteiger partial charge in [-0.2, -0.15) is 0 Å². The minimum Gasteiger partial charge on any atom is -0.444 e. The highest BCUT2D eigenvalue weighted by Crippen LogP contribution is 2.45. The van der Waals surface area contributed by atoms with Crippen LogP contribution in [0.5, 0.6) is 0 Å². The molecule has 2 saturated carbocycles. The topological polar surface area (TPSA) is 189 Å². The maximum Gasteiger partial charge on any atom is 0.408 e. The fraction of sp³-hybridized carbons (Fsp3) is 0.606. The van der Waals surface area contributed by atoms with E-state index >= 15 is 0 Å². The summed E-state index contributed by atoms with van der Waals surface area (Å²) in [5, 5.41) is 7.72. The maximum absolute atomic E-state index is 14.2. The molecule has 1 aromatic carbocycles. The summed E-state index contributed by atoms with van der Waals surface area (Å²) < 4.78 is 38.3. The molecule has 3 aliphatic rings. The molecule has 270 valence electrons. The number of nitrogens with one attached hydrogen (secondary N) is 4. The van der Waals surface area contributed by atoms with Crippen LogP contribution in [0.3, 0.4) is 0 Å². The van der Waals surface area contributed by atoms with E-state index in [-0.39, 0.29) is 25.9 Å². The van der Waals surface area contributed by atoms with Crippen molar-refractivity contribution in [3.8, 4) is 0 Å². The van der Waals surface area contributed by atoms with E-state index in [0.717, 1.165) is 0 Å². The Bertz CT molecular complexity index is 1600. The number of ether oxygens (including phenoxy) is 2. The van der Waals surface area contributed by atoms with Crippen molar-refractivity contribution in [1.29, 1.82) is 0 Å². The minimum absolute atomic E-state index is 0.0635. The highest BCUT2D eigenvalue weighted by Gasteiger charge is 2.62. The Balaban J connectivity index is 1.56. The Morgan fingerprint density at radius 2 is 1.73 bits per heavy atom. The van der Waals surface area contributed by atoms with Gasteiger partial charge < -0.3 is 30.3 Å². The van der Waals surface area contributed by atoms with E-state index in [9.17, 15) is 32.4 Å². The van der Waals surface area contributed by atoms with Crippen molar-refractivity contribution in [3.05, 3.63) is 47.5 Å². The summed E-state index contributed by atoms with van der Waals surface area (Å²) in [4.78, 5) is 68.4. The fourth-order valence-electron chi connectivity index (χ4n) is 5.64. The molecular formula is C33H46ClN5O9S. The molecular weight excluding hydrogens is 678 g/mol. The molecule has 16 heteroatoms. The molecule has 0 aromatic heterocycles. The predicted octanol–water partition coefficient (Wildman–Crippen LogP) is 3.14. The van der Waals surface area contributed by atoms with Gasteiger partial charge in [-0.1, -0.05) is 56.6 Å². The molecule has 1 saturated heterocycles. The van der Waals surface area contributed by atoms with Gasteiger partial charge in [-0.05, 0) is 57.1 Å². The average Bonchev–Trinajstić information content (AvgIpc) is 3.90. The smallest absolute Gasteiger partial charge is 0.408 e. The molecule has 2 aliphatic carbocycles. The summed E-state index contributed by atoms with van der Waals surface area (Å²) in [5.41, 5.74) is -2.66. The van der Waals surface area contributed by atoms with E-state index < -0.39 is 85.8 Å². The predicted molar refractivity (Wildman–Crippen MR) is 181 cm³/mol. The Hall–Kier alpha value is -3.85. The van der Waals surface area contributed by atoms with Crippen LogP contribution in [0.1, 0.15) is 72.8 Å². The van der Waals surface area contributed by atoms with Gasteiger partial charge in [-0.15, -0.1) is 6.58 Å².